The summed E-state index contributed by atoms with van der Waals surface area (Å²) < 4.78 is 26.9. The highest BCUT2D eigenvalue weighted by atomic mass is 35.5. The minimum absolute atomic E-state index is 0.110. The van der Waals surface area contributed by atoms with E-state index in [9.17, 15) is 8.42 Å². The van der Waals surface area contributed by atoms with Gasteiger partial charge in [-0.05, 0) is 42.4 Å². The van der Waals surface area contributed by atoms with Crippen LogP contribution in [0.25, 0.3) is 0 Å². The number of nitrogens with zero attached hydrogens (tertiary/aromatic N) is 1. The summed E-state index contributed by atoms with van der Waals surface area (Å²) in [5.74, 6) is 0.542. The number of anilines is 1. The van der Waals surface area contributed by atoms with Crippen LogP contribution in [0.5, 0.6) is 0 Å². The first-order valence-corrected chi connectivity index (χ1v) is 8.99. The van der Waals surface area contributed by atoms with E-state index < -0.39 is 10.0 Å². The van der Waals surface area contributed by atoms with Gasteiger partial charge in [-0.15, -0.1) is 0 Å². The van der Waals surface area contributed by atoms with Crippen LogP contribution in [0.3, 0.4) is 0 Å². The van der Waals surface area contributed by atoms with Crippen molar-refractivity contribution in [2.45, 2.75) is 38.5 Å². The maximum absolute atomic E-state index is 12.7. The first kappa shape index (κ1) is 16.6. The fourth-order valence-corrected chi connectivity index (χ4v) is 4.80. The second-order valence-corrected chi connectivity index (χ2v) is 9.05. The molecule has 1 heterocycles. The van der Waals surface area contributed by atoms with Gasteiger partial charge >= 0.3 is 0 Å². The Morgan fingerprint density at radius 2 is 1.81 bits per heavy atom. The highest BCUT2D eigenvalue weighted by molar-refractivity contribution is 7.89. The van der Waals surface area contributed by atoms with E-state index in [-0.39, 0.29) is 15.3 Å². The molecule has 21 heavy (non-hydrogen) atoms. The molecule has 0 saturated carbocycles. The van der Waals surface area contributed by atoms with Crippen molar-refractivity contribution in [3.05, 3.63) is 23.2 Å². The number of sulfonamides is 1. The van der Waals surface area contributed by atoms with Crippen molar-refractivity contribution in [2.24, 2.45) is 11.3 Å². The predicted molar refractivity (Wildman–Crippen MR) is 86.8 cm³/mol. The molecule has 0 radical (unpaired) electrons. The van der Waals surface area contributed by atoms with E-state index in [0.717, 1.165) is 12.8 Å². The molecule has 1 fully saturated rings. The van der Waals surface area contributed by atoms with Crippen LogP contribution >= 0.6 is 11.6 Å². The van der Waals surface area contributed by atoms with Crippen LogP contribution in [0.2, 0.25) is 5.02 Å². The lowest BCUT2D eigenvalue weighted by Gasteiger charge is -2.38. The Hall–Kier alpha value is -0.780. The van der Waals surface area contributed by atoms with Crippen molar-refractivity contribution >= 4 is 27.3 Å². The number of benzene rings is 1. The summed E-state index contributed by atoms with van der Waals surface area (Å²) in [6.07, 6.45) is 1.76. The zero-order valence-electron chi connectivity index (χ0n) is 12.8. The molecule has 118 valence electrons. The van der Waals surface area contributed by atoms with Crippen molar-refractivity contribution in [3.63, 3.8) is 0 Å². The smallest absolute Gasteiger partial charge is 0.244 e. The minimum atomic E-state index is -3.56. The third kappa shape index (κ3) is 3.52. The van der Waals surface area contributed by atoms with Crippen LogP contribution in [0.15, 0.2) is 23.1 Å². The standard InChI is InChI=1S/C15H23ClN2O2S/c1-15(2,3)11-6-8-18(9-7-11)21(19,20)14-10-12(17)4-5-13(14)16/h4-5,10-11H,6-9,17H2,1-3H3. The van der Waals surface area contributed by atoms with Crippen LogP contribution in [-0.4, -0.2) is 25.8 Å². The highest BCUT2D eigenvalue weighted by Crippen LogP contribution is 2.36. The van der Waals surface area contributed by atoms with Crippen LogP contribution in [0.4, 0.5) is 5.69 Å². The lowest BCUT2D eigenvalue weighted by Crippen LogP contribution is -2.41. The number of nitrogens with two attached hydrogens (primary N) is 1. The number of nitrogen functional groups attached to an aromatic ring is 1. The molecule has 0 aromatic heterocycles. The largest absolute Gasteiger partial charge is 0.399 e. The summed E-state index contributed by atoms with van der Waals surface area (Å²) in [5.41, 5.74) is 6.31. The molecular formula is C15H23ClN2O2S. The molecular weight excluding hydrogens is 308 g/mol. The molecule has 0 spiro atoms. The lowest BCUT2D eigenvalue weighted by molar-refractivity contribution is 0.154. The molecule has 1 saturated heterocycles. The topological polar surface area (TPSA) is 63.4 Å². The third-order valence-corrected chi connectivity index (χ3v) is 6.63. The zero-order valence-corrected chi connectivity index (χ0v) is 14.3. The molecule has 6 heteroatoms. The van der Waals surface area contributed by atoms with Crippen LogP contribution < -0.4 is 5.73 Å². The Kier molecular flexibility index (Phi) is 4.57. The van der Waals surface area contributed by atoms with E-state index >= 15 is 0 Å². The molecule has 0 unspecified atom stereocenters. The van der Waals surface area contributed by atoms with Gasteiger partial charge in [0.25, 0.3) is 0 Å². The summed E-state index contributed by atoms with van der Waals surface area (Å²) in [5, 5.41) is 0.224. The van der Waals surface area contributed by atoms with Crippen molar-refractivity contribution in [1.29, 1.82) is 0 Å². The summed E-state index contributed by atoms with van der Waals surface area (Å²) >= 11 is 6.04. The molecule has 4 nitrogen and oxygen atoms in total. The van der Waals surface area contributed by atoms with Crippen molar-refractivity contribution in [1.82, 2.24) is 4.31 Å². The number of hydrogen-bond donors (Lipinski definition) is 1. The number of rotatable bonds is 2. The first-order valence-electron chi connectivity index (χ1n) is 7.17. The molecule has 0 amide bonds. The van der Waals surface area contributed by atoms with E-state index in [1.165, 1.54) is 16.4 Å². The summed E-state index contributed by atoms with van der Waals surface area (Å²) in [7, 11) is -3.56. The second kappa shape index (κ2) is 5.78. The van der Waals surface area contributed by atoms with Gasteiger partial charge in [-0.3, -0.25) is 0 Å². The summed E-state index contributed by atoms with van der Waals surface area (Å²) in [6, 6.07) is 4.58. The number of hydrogen-bond acceptors (Lipinski definition) is 3. The van der Waals surface area contributed by atoms with Gasteiger partial charge in [-0.1, -0.05) is 32.4 Å². The Bertz CT molecular complexity index is 615. The van der Waals surface area contributed by atoms with E-state index in [1.807, 2.05) is 0 Å². The van der Waals surface area contributed by atoms with Crippen molar-refractivity contribution < 1.29 is 8.42 Å². The molecule has 1 aliphatic rings. The Morgan fingerprint density at radius 1 is 1.24 bits per heavy atom. The van der Waals surface area contributed by atoms with Gasteiger partial charge in [0, 0.05) is 18.8 Å². The molecule has 0 bridgehead atoms. The summed E-state index contributed by atoms with van der Waals surface area (Å²) in [4.78, 5) is 0.110. The molecule has 1 aromatic carbocycles. The molecule has 0 atom stereocenters. The fraction of sp³-hybridized carbons (Fsp3) is 0.600. The maximum Gasteiger partial charge on any atom is 0.244 e. The SMILES string of the molecule is CC(C)(C)C1CCN(S(=O)(=O)c2cc(N)ccc2Cl)CC1. The fourth-order valence-electron chi connectivity index (χ4n) is 2.82. The minimum Gasteiger partial charge on any atom is -0.399 e. The van der Waals surface area contributed by atoms with Gasteiger partial charge in [0.2, 0.25) is 10.0 Å². The number of halogens is 1. The van der Waals surface area contributed by atoms with Gasteiger partial charge in [0.1, 0.15) is 4.90 Å². The van der Waals surface area contributed by atoms with Crippen molar-refractivity contribution in [2.75, 3.05) is 18.8 Å². The monoisotopic (exact) mass is 330 g/mol. The van der Waals surface area contributed by atoms with Gasteiger partial charge in [-0.2, -0.15) is 4.31 Å². The predicted octanol–water partition coefficient (Wildman–Crippen LogP) is 3.37. The van der Waals surface area contributed by atoms with E-state index in [2.05, 4.69) is 20.8 Å². The number of piperidine rings is 1. The van der Waals surface area contributed by atoms with Gasteiger partial charge < -0.3 is 5.73 Å². The average molecular weight is 331 g/mol. The van der Waals surface area contributed by atoms with E-state index in [0.29, 0.717) is 24.7 Å². The Balaban J connectivity index is 2.21. The third-order valence-electron chi connectivity index (χ3n) is 4.25. The summed E-state index contributed by atoms with van der Waals surface area (Å²) in [6.45, 7) is 7.69. The lowest BCUT2D eigenvalue weighted by atomic mass is 9.76. The second-order valence-electron chi connectivity index (χ2n) is 6.73. The molecule has 0 aliphatic carbocycles. The highest BCUT2D eigenvalue weighted by Gasteiger charge is 2.34. The van der Waals surface area contributed by atoms with Gasteiger partial charge in [0.15, 0.2) is 0 Å². The first-order chi connectivity index (χ1) is 9.62. The zero-order chi connectivity index (χ0) is 15.8. The van der Waals surface area contributed by atoms with Crippen LogP contribution in [-0.2, 0) is 10.0 Å². The Morgan fingerprint density at radius 3 is 2.33 bits per heavy atom. The normalized spacial score (nSPS) is 18.9. The Labute approximate surface area is 132 Å². The molecule has 1 aliphatic heterocycles. The van der Waals surface area contributed by atoms with Crippen molar-refractivity contribution in [3.8, 4) is 0 Å². The molecule has 2 N–H and O–H groups in total. The molecule has 2 rings (SSSR count). The van der Waals surface area contributed by atoms with Crippen LogP contribution in [0, 0.1) is 11.3 Å². The van der Waals surface area contributed by atoms with E-state index in [1.54, 1.807) is 6.07 Å². The van der Waals surface area contributed by atoms with Crippen LogP contribution in [0.1, 0.15) is 33.6 Å². The van der Waals surface area contributed by atoms with Gasteiger partial charge in [0.05, 0.1) is 5.02 Å². The van der Waals surface area contributed by atoms with E-state index in [4.69, 9.17) is 17.3 Å². The molecule has 1 aromatic rings. The van der Waals surface area contributed by atoms with Gasteiger partial charge in [-0.25, -0.2) is 8.42 Å². The maximum atomic E-state index is 12.7. The average Bonchev–Trinajstić information content (AvgIpc) is 2.40. The quantitative estimate of drug-likeness (QED) is 0.845.